The summed E-state index contributed by atoms with van der Waals surface area (Å²) in [6.45, 7) is 0. The number of ether oxygens (including phenoxy) is 2. The summed E-state index contributed by atoms with van der Waals surface area (Å²) in [4.78, 5) is 38.0. The van der Waals surface area contributed by atoms with Gasteiger partial charge in [-0.2, -0.15) is 0 Å². The molecule has 10 nitrogen and oxygen atoms in total. The van der Waals surface area contributed by atoms with E-state index in [0.29, 0.717) is 23.5 Å². The molecule has 0 atom stereocenters. The number of rotatable bonds is 8. The van der Waals surface area contributed by atoms with Crippen LogP contribution in [0.1, 0.15) is 11.1 Å². The van der Waals surface area contributed by atoms with Crippen molar-refractivity contribution >= 4 is 35.8 Å². The molecule has 4 aromatic rings. The number of carbonyl (C=O) groups is 1. The Balaban J connectivity index is 1.80. The second kappa shape index (κ2) is 10.7. The molecule has 1 aromatic heterocycles. The highest BCUT2D eigenvalue weighted by atomic mass is 32.1. The number of nitrogens with zero attached hydrogens (tertiary/aromatic N) is 2. The molecule has 2 N–H and O–H groups in total. The number of aromatic hydroxyl groups is 1. The minimum absolute atomic E-state index is 0.0884. The van der Waals surface area contributed by atoms with Crippen LogP contribution < -0.4 is 15.0 Å². The van der Waals surface area contributed by atoms with Crippen LogP contribution in [0, 0.1) is 14.9 Å². The van der Waals surface area contributed by atoms with Gasteiger partial charge in [0.05, 0.1) is 23.3 Å². The van der Waals surface area contributed by atoms with Crippen LogP contribution in [0.4, 0.5) is 5.69 Å². The summed E-state index contributed by atoms with van der Waals surface area (Å²) in [6, 6.07) is 19.5. The number of hydrogen-bond acceptors (Lipinski definition) is 8. The monoisotopic (exact) mass is 517 g/mol. The van der Waals surface area contributed by atoms with Crippen molar-refractivity contribution in [3.05, 3.63) is 109 Å². The van der Waals surface area contributed by atoms with Crippen molar-refractivity contribution in [1.29, 1.82) is 0 Å². The Morgan fingerprint density at radius 2 is 1.70 bits per heavy atom. The number of nitro benzene ring substituents is 1. The van der Waals surface area contributed by atoms with Crippen LogP contribution >= 0.6 is 12.2 Å². The number of aldehydes is 1. The van der Waals surface area contributed by atoms with E-state index < -0.39 is 16.4 Å². The third kappa shape index (κ3) is 5.31. The molecule has 0 radical (unpaired) electrons. The largest absolute Gasteiger partial charge is 0.497 e. The zero-order valence-electron chi connectivity index (χ0n) is 19.3. The number of hydrogen-bond donors (Lipinski definition) is 2. The number of para-hydroxylation sites is 1. The molecular formula is C26H19N3O7S. The highest BCUT2D eigenvalue weighted by Gasteiger charge is 2.20. The molecule has 0 aliphatic carbocycles. The maximum absolute atomic E-state index is 12.7. The first-order valence-electron chi connectivity index (χ1n) is 10.7. The van der Waals surface area contributed by atoms with E-state index >= 15 is 0 Å². The number of aromatic nitrogens is 2. The van der Waals surface area contributed by atoms with E-state index in [-0.39, 0.29) is 32.9 Å². The highest BCUT2D eigenvalue weighted by Crippen LogP contribution is 2.32. The molecular weight excluding hydrogens is 498 g/mol. The van der Waals surface area contributed by atoms with Gasteiger partial charge in [0.2, 0.25) is 5.88 Å². The van der Waals surface area contributed by atoms with Crippen molar-refractivity contribution in [2.45, 2.75) is 0 Å². The Labute approximate surface area is 214 Å². The predicted molar refractivity (Wildman–Crippen MR) is 139 cm³/mol. The molecule has 11 heteroatoms. The lowest BCUT2D eigenvalue weighted by molar-refractivity contribution is -0.385. The molecule has 0 fully saturated rings. The summed E-state index contributed by atoms with van der Waals surface area (Å²) in [5, 5.41) is 22.5. The van der Waals surface area contributed by atoms with E-state index in [0.717, 1.165) is 6.08 Å². The number of benzene rings is 3. The van der Waals surface area contributed by atoms with Gasteiger partial charge in [-0.1, -0.05) is 18.2 Å². The smallest absolute Gasteiger partial charge is 0.277 e. The summed E-state index contributed by atoms with van der Waals surface area (Å²) >= 11 is 5.25. The minimum atomic E-state index is -0.785. The number of nitrogens with one attached hydrogen (secondary N) is 1. The maximum Gasteiger partial charge on any atom is 0.277 e. The number of aromatic amines is 1. The molecule has 0 saturated heterocycles. The summed E-state index contributed by atoms with van der Waals surface area (Å²) < 4.78 is 12.0. The van der Waals surface area contributed by atoms with Crippen molar-refractivity contribution in [3.63, 3.8) is 0 Å². The topological polar surface area (TPSA) is 137 Å². The van der Waals surface area contributed by atoms with Gasteiger partial charge in [-0.3, -0.25) is 29.3 Å². The third-order valence-corrected chi connectivity index (χ3v) is 5.62. The van der Waals surface area contributed by atoms with Gasteiger partial charge in [0.1, 0.15) is 22.8 Å². The quantitative estimate of drug-likeness (QED) is 0.109. The number of allylic oxidation sites excluding steroid dienone is 1. The van der Waals surface area contributed by atoms with Gasteiger partial charge in [-0.05, 0) is 66.8 Å². The zero-order valence-corrected chi connectivity index (χ0v) is 20.1. The Bertz CT molecular complexity index is 1630. The van der Waals surface area contributed by atoms with Crippen molar-refractivity contribution < 1.29 is 24.3 Å². The lowest BCUT2D eigenvalue weighted by Crippen LogP contribution is -2.16. The van der Waals surface area contributed by atoms with Crippen LogP contribution in [-0.4, -0.2) is 33.0 Å². The van der Waals surface area contributed by atoms with Crippen LogP contribution in [0.25, 0.3) is 17.3 Å². The van der Waals surface area contributed by atoms with E-state index in [1.165, 1.54) is 29.9 Å². The van der Waals surface area contributed by atoms with E-state index in [9.17, 15) is 24.8 Å². The van der Waals surface area contributed by atoms with Gasteiger partial charge >= 0.3 is 0 Å². The molecule has 0 aliphatic heterocycles. The first kappa shape index (κ1) is 25.1. The Morgan fingerprint density at radius 1 is 1.05 bits per heavy atom. The molecule has 186 valence electrons. The van der Waals surface area contributed by atoms with Crippen LogP contribution in [0.5, 0.6) is 23.1 Å². The summed E-state index contributed by atoms with van der Waals surface area (Å²) in [6.07, 6.45) is 1.41. The lowest BCUT2D eigenvalue weighted by atomic mass is 10.0. The van der Waals surface area contributed by atoms with Crippen LogP contribution in [0.15, 0.2) is 77.6 Å². The van der Waals surface area contributed by atoms with Crippen LogP contribution in [0.2, 0.25) is 0 Å². The second-order valence-corrected chi connectivity index (χ2v) is 7.99. The van der Waals surface area contributed by atoms with Crippen molar-refractivity contribution in [3.8, 4) is 28.8 Å². The normalized spacial score (nSPS) is 11.1. The highest BCUT2D eigenvalue weighted by molar-refractivity contribution is 7.71. The minimum Gasteiger partial charge on any atom is -0.497 e. The van der Waals surface area contributed by atoms with Crippen molar-refractivity contribution in [1.82, 2.24) is 9.55 Å². The molecule has 1 heterocycles. The molecule has 0 amide bonds. The summed E-state index contributed by atoms with van der Waals surface area (Å²) in [5.74, 6) is 0.869. The van der Waals surface area contributed by atoms with E-state index in [4.69, 9.17) is 21.7 Å². The Hall–Kier alpha value is -5.03. The molecule has 0 spiro atoms. The zero-order chi connectivity index (χ0) is 26.5. The van der Waals surface area contributed by atoms with Crippen molar-refractivity contribution in [2.24, 2.45) is 0 Å². The van der Waals surface area contributed by atoms with E-state index in [1.54, 1.807) is 36.4 Å². The van der Waals surface area contributed by atoms with Crippen molar-refractivity contribution in [2.75, 3.05) is 7.11 Å². The van der Waals surface area contributed by atoms with Gasteiger partial charge in [-0.25, -0.2) is 0 Å². The number of H-pyrrole nitrogens is 1. The average Bonchev–Trinajstić information content (AvgIpc) is 2.89. The molecule has 4 rings (SSSR count). The fourth-order valence-corrected chi connectivity index (χ4v) is 3.84. The fraction of sp³-hybridized carbons (Fsp3) is 0.0385. The van der Waals surface area contributed by atoms with Gasteiger partial charge < -0.3 is 14.6 Å². The van der Waals surface area contributed by atoms with Gasteiger partial charge in [0.15, 0.2) is 11.1 Å². The molecule has 0 aliphatic rings. The lowest BCUT2D eigenvalue weighted by Gasteiger charge is -2.13. The summed E-state index contributed by atoms with van der Waals surface area (Å²) in [5.41, 5.74) is -1.40. The number of nitro groups is 1. The van der Waals surface area contributed by atoms with Gasteiger partial charge in [0.25, 0.3) is 11.2 Å². The fourth-order valence-electron chi connectivity index (χ4n) is 3.56. The second-order valence-electron chi connectivity index (χ2n) is 7.60. The van der Waals surface area contributed by atoms with Gasteiger partial charge in [0, 0.05) is 11.6 Å². The molecule has 0 unspecified atom stereocenters. The van der Waals surface area contributed by atoms with Crippen LogP contribution in [0.3, 0.4) is 0 Å². The first-order valence-corrected chi connectivity index (χ1v) is 11.1. The number of carbonyl (C=O) groups excluding carboxylic acids is 1. The molecule has 0 bridgehead atoms. The predicted octanol–water partition coefficient (Wildman–Crippen LogP) is 5.05. The molecule has 37 heavy (non-hydrogen) atoms. The Morgan fingerprint density at radius 3 is 2.32 bits per heavy atom. The van der Waals surface area contributed by atoms with E-state index in [1.807, 2.05) is 18.2 Å². The number of methoxy groups -OCH3 is 1. The molecule has 3 aromatic carbocycles. The third-order valence-electron chi connectivity index (χ3n) is 5.33. The standard InChI is InChI=1S/C26H19N3O7S/c1-35-20-11-12-23(29(33)34)21(14-20)16(15-30)13-22-24(31)27-26(37)28(25(22)32)17-7-9-19(10-8-17)36-18-5-3-2-4-6-18/h2-15,32H,1H3,(H,27,31,37). The Kier molecular flexibility index (Phi) is 7.26. The first-order chi connectivity index (χ1) is 17.8. The molecule has 0 saturated carbocycles. The van der Waals surface area contributed by atoms with E-state index in [2.05, 4.69) is 4.98 Å². The SMILES string of the molecule is COc1ccc([N+](=O)[O-])c(C(C=O)=Cc2c(O)n(-c3ccc(Oc4ccccc4)cc3)c(=S)[nH]c2=O)c1. The average molecular weight is 518 g/mol. The maximum atomic E-state index is 12.7. The van der Waals surface area contributed by atoms with Crippen LogP contribution in [-0.2, 0) is 4.79 Å². The summed E-state index contributed by atoms with van der Waals surface area (Å²) in [7, 11) is 1.37. The van der Waals surface area contributed by atoms with Gasteiger partial charge in [-0.15, -0.1) is 0 Å².